The molecule has 0 aromatic heterocycles. The Balaban J connectivity index is 1.94. The highest BCUT2D eigenvalue weighted by Crippen LogP contribution is 2.20. The average molecular weight is 240 g/mol. The number of hydrogen-bond donors (Lipinski definition) is 1. The van der Waals surface area contributed by atoms with Crippen molar-refractivity contribution in [1.29, 1.82) is 0 Å². The van der Waals surface area contributed by atoms with Gasteiger partial charge in [0.15, 0.2) is 0 Å². The van der Waals surface area contributed by atoms with Gasteiger partial charge in [-0.25, -0.2) is 0 Å². The van der Waals surface area contributed by atoms with Gasteiger partial charge in [-0.05, 0) is 19.3 Å². The van der Waals surface area contributed by atoms with E-state index in [2.05, 4.69) is 5.32 Å². The second-order valence-corrected chi connectivity index (χ2v) is 4.71. The molecule has 0 spiro atoms. The minimum Gasteiger partial charge on any atom is -0.377 e. The van der Waals surface area contributed by atoms with Gasteiger partial charge in [0.1, 0.15) is 6.04 Å². The summed E-state index contributed by atoms with van der Waals surface area (Å²) in [4.78, 5) is 25.6. The summed E-state index contributed by atoms with van der Waals surface area (Å²) in [6, 6.07) is -0.101. The van der Waals surface area contributed by atoms with Crippen LogP contribution in [0.2, 0.25) is 0 Å². The molecular weight excluding hydrogens is 220 g/mol. The van der Waals surface area contributed by atoms with Gasteiger partial charge in [-0.1, -0.05) is 6.92 Å². The van der Waals surface area contributed by atoms with Crippen LogP contribution in [0.4, 0.5) is 0 Å². The van der Waals surface area contributed by atoms with Crippen molar-refractivity contribution < 1.29 is 14.3 Å². The Hall–Kier alpha value is -1.10. The van der Waals surface area contributed by atoms with Crippen molar-refractivity contribution in [2.24, 2.45) is 0 Å². The Labute approximate surface area is 101 Å². The maximum atomic E-state index is 12.0. The second-order valence-electron chi connectivity index (χ2n) is 4.71. The Morgan fingerprint density at radius 2 is 2.18 bits per heavy atom. The predicted molar refractivity (Wildman–Crippen MR) is 62.4 cm³/mol. The summed E-state index contributed by atoms with van der Waals surface area (Å²) < 4.78 is 5.31. The predicted octanol–water partition coefficient (Wildman–Crippen LogP) is 0.293. The second kappa shape index (κ2) is 5.49. The zero-order chi connectivity index (χ0) is 12.3. The summed E-state index contributed by atoms with van der Waals surface area (Å²) in [6.45, 7) is 3.36. The van der Waals surface area contributed by atoms with Gasteiger partial charge in [-0.3, -0.25) is 9.59 Å². The van der Waals surface area contributed by atoms with E-state index in [-0.39, 0.29) is 11.8 Å². The largest absolute Gasteiger partial charge is 0.377 e. The van der Waals surface area contributed by atoms with Crippen molar-refractivity contribution in [3.05, 3.63) is 0 Å². The van der Waals surface area contributed by atoms with Gasteiger partial charge in [0, 0.05) is 19.0 Å². The van der Waals surface area contributed by atoms with Gasteiger partial charge in [0.05, 0.1) is 13.2 Å². The first kappa shape index (κ1) is 12.4. The van der Waals surface area contributed by atoms with Crippen molar-refractivity contribution in [2.75, 3.05) is 19.8 Å². The number of ether oxygens (including phenoxy) is 1. The SMILES string of the molecule is CCCC(=O)N1CCOCC1C(=O)NC1CC1. The third-order valence-electron chi connectivity index (χ3n) is 3.14. The third kappa shape index (κ3) is 3.19. The Kier molecular flexibility index (Phi) is 3.99. The van der Waals surface area contributed by atoms with E-state index in [1.54, 1.807) is 4.90 Å². The summed E-state index contributed by atoms with van der Waals surface area (Å²) in [5.41, 5.74) is 0. The van der Waals surface area contributed by atoms with E-state index in [0.29, 0.717) is 32.2 Å². The molecule has 1 N–H and O–H groups in total. The number of carbonyl (C=O) groups is 2. The lowest BCUT2D eigenvalue weighted by Gasteiger charge is -2.34. The molecule has 2 amide bonds. The van der Waals surface area contributed by atoms with Gasteiger partial charge < -0.3 is 15.0 Å². The molecule has 0 bridgehead atoms. The highest BCUT2D eigenvalue weighted by Gasteiger charge is 2.34. The number of nitrogens with one attached hydrogen (secondary N) is 1. The van der Waals surface area contributed by atoms with Crippen LogP contribution in [0.5, 0.6) is 0 Å². The molecule has 1 unspecified atom stereocenters. The lowest BCUT2D eigenvalue weighted by Crippen LogP contribution is -2.56. The molecule has 5 heteroatoms. The van der Waals surface area contributed by atoms with Crippen molar-refractivity contribution in [2.45, 2.75) is 44.7 Å². The molecule has 0 radical (unpaired) electrons. The molecule has 1 saturated heterocycles. The topological polar surface area (TPSA) is 58.6 Å². The zero-order valence-corrected chi connectivity index (χ0v) is 10.3. The molecule has 1 aliphatic carbocycles. The molecular formula is C12H20N2O3. The lowest BCUT2D eigenvalue weighted by atomic mass is 10.1. The molecule has 1 saturated carbocycles. The van der Waals surface area contributed by atoms with Crippen LogP contribution in [0.25, 0.3) is 0 Å². The molecule has 0 aromatic rings. The number of carbonyl (C=O) groups excluding carboxylic acids is 2. The minimum absolute atomic E-state index is 0.0587. The van der Waals surface area contributed by atoms with Crippen LogP contribution in [-0.4, -0.2) is 48.6 Å². The molecule has 2 fully saturated rings. The van der Waals surface area contributed by atoms with Gasteiger partial charge in [-0.15, -0.1) is 0 Å². The molecule has 0 aromatic carbocycles. The summed E-state index contributed by atoms with van der Waals surface area (Å²) in [5, 5.41) is 2.94. The first-order valence-electron chi connectivity index (χ1n) is 6.40. The maximum Gasteiger partial charge on any atom is 0.245 e. The Morgan fingerprint density at radius 3 is 2.82 bits per heavy atom. The molecule has 5 nitrogen and oxygen atoms in total. The van der Waals surface area contributed by atoms with E-state index in [1.807, 2.05) is 6.92 Å². The van der Waals surface area contributed by atoms with Crippen LogP contribution in [0.15, 0.2) is 0 Å². The van der Waals surface area contributed by atoms with E-state index < -0.39 is 6.04 Å². The fourth-order valence-corrected chi connectivity index (χ4v) is 2.00. The van der Waals surface area contributed by atoms with Crippen molar-refractivity contribution in [3.8, 4) is 0 Å². The van der Waals surface area contributed by atoms with Crippen molar-refractivity contribution in [3.63, 3.8) is 0 Å². The molecule has 2 rings (SSSR count). The smallest absolute Gasteiger partial charge is 0.245 e. The highest BCUT2D eigenvalue weighted by molar-refractivity contribution is 5.88. The van der Waals surface area contributed by atoms with E-state index in [9.17, 15) is 9.59 Å². The molecule has 1 atom stereocenters. The van der Waals surface area contributed by atoms with Crippen molar-refractivity contribution >= 4 is 11.8 Å². The van der Waals surface area contributed by atoms with Gasteiger partial charge in [0.2, 0.25) is 11.8 Å². The van der Waals surface area contributed by atoms with Crippen LogP contribution in [-0.2, 0) is 14.3 Å². The monoisotopic (exact) mass is 240 g/mol. The fourth-order valence-electron chi connectivity index (χ4n) is 2.00. The summed E-state index contributed by atoms with van der Waals surface area (Å²) in [7, 11) is 0. The van der Waals surface area contributed by atoms with Crippen LogP contribution in [0, 0.1) is 0 Å². The number of morpholine rings is 1. The highest BCUT2D eigenvalue weighted by atomic mass is 16.5. The quantitative estimate of drug-likeness (QED) is 0.768. The standard InChI is InChI=1S/C12H20N2O3/c1-2-3-11(15)14-6-7-17-8-10(14)12(16)13-9-4-5-9/h9-10H,2-8H2,1H3,(H,13,16). The average Bonchev–Trinajstić information content (AvgIpc) is 3.13. The first-order valence-corrected chi connectivity index (χ1v) is 6.40. The maximum absolute atomic E-state index is 12.0. The van der Waals surface area contributed by atoms with Gasteiger partial charge >= 0.3 is 0 Å². The van der Waals surface area contributed by atoms with Crippen LogP contribution < -0.4 is 5.32 Å². The first-order chi connectivity index (χ1) is 8.22. The zero-order valence-electron chi connectivity index (χ0n) is 10.3. The van der Waals surface area contributed by atoms with Gasteiger partial charge in [-0.2, -0.15) is 0 Å². The fraction of sp³-hybridized carbons (Fsp3) is 0.833. The number of hydrogen-bond acceptors (Lipinski definition) is 3. The summed E-state index contributed by atoms with van der Waals surface area (Å²) in [5.74, 6) is 0.00315. The van der Waals surface area contributed by atoms with E-state index in [4.69, 9.17) is 4.74 Å². The van der Waals surface area contributed by atoms with Crippen molar-refractivity contribution in [1.82, 2.24) is 10.2 Å². The lowest BCUT2D eigenvalue weighted by molar-refractivity contribution is -0.148. The van der Waals surface area contributed by atoms with Gasteiger partial charge in [0.25, 0.3) is 0 Å². The van der Waals surface area contributed by atoms with E-state index >= 15 is 0 Å². The number of nitrogens with zero attached hydrogens (tertiary/aromatic N) is 1. The van der Waals surface area contributed by atoms with E-state index in [0.717, 1.165) is 19.3 Å². The van der Waals surface area contributed by atoms with Crippen LogP contribution in [0.3, 0.4) is 0 Å². The van der Waals surface area contributed by atoms with Crippen LogP contribution >= 0.6 is 0 Å². The van der Waals surface area contributed by atoms with E-state index in [1.165, 1.54) is 0 Å². The summed E-state index contributed by atoms with van der Waals surface area (Å²) >= 11 is 0. The molecule has 1 aliphatic heterocycles. The molecule has 1 heterocycles. The molecule has 2 aliphatic rings. The van der Waals surface area contributed by atoms with Crippen LogP contribution in [0.1, 0.15) is 32.6 Å². The minimum atomic E-state index is -0.427. The third-order valence-corrected chi connectivity index (χ3v) is 3.14. The Bertz CT molecular complexity index is 302. The normalized spacial score (nSPS) is 24.5. The molecule has 96 valence electrons. The molecule has 17 heavy (non-hydrogen) atoms. The number of amides is 2. The Morgan fingerprint density at radius 1 is 1.41 bits per heavy atom. The number of rotatable bonds is 4. The summed E-state index contributed by atoms with van der Waals surface area (Å²) in [6.07, 6.45) is 3.44.